The lowest BCUT2D eigenvalue weighted by Gasteiger charge is -2.38. The number of hydrogen-bond acceptors (Lipinski definition) is 3. The molecule has 1 heterocycles. The highest BCUT2D eigenvalue weighted by molar-refractivity contribution is 5.51. The van der Waals surface area contributed by atoms with Gasteiger partial charge >= 0.3 is 0 Å². The molecule has 1 aliphatic heterocycles. The molecule has 0 radical (unpaired) electrons. The van der Waals surface area contributed by atoms with Gasteiger partial charge in [-0.3, -0.25) is 4.90 Å². The van der Waals surface area contributed by atoms with E-state index in [1.807, 2.05) is 24.3 Å². The smallest absolute Gasteiger partial charge is 0.142 e. The first-order valence-electron chi connectivity index (χ1n) is 5.49. The second-order valence-electron chi connectivity index (χ2n) is 4.06. The number of nitrogens with zero attached hydrogens (tertiary/aromatic N) is 1. The average Bonchev–Trinajstić information content (AvgIpc) is 2.24. The van der Waals surface area contributed by atoms with Crippen LogP contribution in [0.25, 0.3) is 0 Å². The summed E-state index contributed by atoms with van der Waals surface area (Å²) in [5, 5.41) is 0. The highest BCUT2D eigenvalue weighted by atomic mass is 16.5. The van der Waals surface area contributed by atoms with E-state index in [1.165, 1.54) is 13.0 Å². The Hall–Kier alpha value is -1.22. The normalized spacial score (nSPS) is 21.0. The fourth-order valence-corrected chi connectivity index (χ4v) is 1.79. The van der Waals surface area contributed by atoms with E-state index >= 15 is 0 Å². The topological polar surface area (TPSA) is 38.5 Å². The first kappa shape index (κ1) is 10.3. The van der Waals surface area contributed by atoms with Gasteiger partial charge in [-0.25, -0.2) is 0 Å². The van der Waals surface area contributed by atoms with Gasteiger partial charge in [-0.2, -0.15) is 0 Å². The van der Waals surface area contributed by atoms with Crippen molar-refractivity contribution in [2.75, 3.05) is 25.4 Å². The molecule has 0 aliphatic carbocycles. The second-order valence-corrected chi connectivity index (χ2v) is 4.06. The van der Waals surface area contributed by atoms with Gasteiger partial charge in [0.1, 0.15) is 12.4 Å². The number of ether oxygens (including phenoxy) is 1. The molecule has 0 saturated carbocycles. The molecule has 1 unspecified atom stereocenters. The predicted octanol–water partition coefficient (Wildman–Crippen LogP) is 1.74. The average molecular weight is 206 g/mol. The van der Waals surface area contributed by atoms with Crippen LogP contribution >= 0.6 is 0 Å². The monoisotopic (exact) mass is 206 g/mol. The third kappa shape index (κ3) is 2.42. The Bertz CT molecular complexity index is 327. The summed E-state index contributed by atoms with van der Waals surface area (Å²) in [6, 6.07) is 8.36. The van der Waals surface area contributed by atoms with E-state index in [-0.39, 0.29) is 0 Å². The van der Waals surface area contributed by atoms with Crippen LogP contribution in [0.3, 0.4) is 0 Å². The first-order valence-corrected chi connectivity index (χ1v) is 5.49. The molecular formula is C12H18N2O. The largest absolute Gasteiger partial charge is 0.490 e. The Labute approximate surface area is 90.8 Å². The minimum absolute atomic E-state index is 0.717. The number of nitrogen functional groups attached to an aromatic ring is 1. The van der Waals surface area contributed by atoms with Crippen LogP contribution in [0.2, 0.25) is 0 Å². The van der Waals surface area contributed by atoms with E-state index in [1.54, 1.807) is 0 Å². The fourth-order valence-electron chi connectivity index (χ4n) is 1.79. The number of nitrogens with two attached hydrogens (primary N) is 1. The van der Waals surface area contributed by atoms with Gasteiger partial charge < -0.3 is 10.5 Å². The molecule has 1 atom stereocenters. The maximum absolute atomic E-state index is 5.77. The minimum Gasteiger partial charge on any atom is -0.490 e. The SMILES string of the molecule is CC1CCN1CCOc1ccccc1N. The van der Waals surface area contributed by atoms with Gasteiger partial charge in [-0.15, -0.1) is 0 Å². The third-order valence-corrected chi connectivity index (χ3v) is 3.01. The summed E-state index contributed by atoms with van der Waals surface area (Å²) in [4.78, 5) is 2.42. The molecule has 0 aromatic heterocycles. The second kappa shape index (κ2) is 4.53. The maximum atomic E-state index is 5.77. The molecule has 2 N–H and O–H groups in total. The van der Waals surface area contributed by atoms with Crippen molar-refractivity contribution < 1.29 is 4.74 Å². The van der Waals surface area contributed by atoms with Gasteiger partial charge in [0, 0.05) is 19.1 Å². The maximum Gasteiger partial charge on any atom is 0.142 e. The van der Waals surface area contributed by atoms with Crippen LogP contribution in [0.15, 0.2) is 24.3 Å². The van der Waals surface area contributed by atoms with Crippen molar-refractivity contribution in [1.29, 1.82) is 0 Å². The van der Waals surface area contributed by atoms with Crippen LogP contribution in [0.5, 0.6) is 5.75 Å². The number of anilines is 1. The van der Waals surface area contributed by atoms with Crippen molar-refractivity contribution in [3.63, 3.8) is 0 Å². The van der Waals surface area contributed by atoms with Gasteiger partial charge in [0.2, 0.25) is 0 Å². The number of para-hydroxylation sites is 2. The summed E-state index contributed by atoms with van der Waals surface area (Å²) in [5.74, 6) is 0.797. The van der Waals surface area contributed by atoms with Crippen LogP contribution < -0.4 is 10.5 Å². The van der Waals surface area contributed by atoms with E-state index in [4.69, 9.17) is 10.5 Å². The van der Waals surface area contributed by atoms with E-state index in [0.29, 0.717) is 5.69 Å². The Morgan fingerprint density at radius 1 is 1.47 bits per heavy atom. The van der Waals surface area contributed by atoms with Crippen LogP contribution in [-0.2, 0) is 0 Å². The van der Waals surface area contributed by atoms with Gasteiger partial charge in [-0.05, 0) is 25.5 Å². The number of benzene rings is 1. The van der Waals surface area contributed by atoms with Crippen LogP contribution in [0, 0.1) is 0 Å². The number of hydrogen-bond donors (Lipinski definition) is 1. The summed E-state index contributed by atoms with van der Waals surface area (Å²) >= 11 is 0. The van der Waals surface area contributed by atoms with Crippen molar-refractivity contribution in [3.8, 4) is 5.75 Å². The summed E-state index contributed by atoms with van der Waals surface area (Å²) < 4.78 is 5.62. The van der Waals surface area contributed by atoms with Gasteiger partial charge in [-0.1, -0.05) is 12.1 Å². The third-order valence-electron chi connectivity index (χ3n) is 3.01. The van der Waals surface area contributed by atoms with Crippen molar-refractivity contribution in [2.24, 2.45) is 0 Å². The van der Waals surface area contributed by atoms with Gasteiger partial charge in [0.05, 0.1) is 5.69 Å². The molecule has 1 saturated heterocycles. The molecule has 15 heavy (non-hydrogen) atoms. The molecule has 3 heteroatoms. The molecule has 0 amide bonds. The quantitative estimate of drug-likeness (QED) is 0.763. The van der Waals surface area contributed by atoms with Crippen LogP contribution in [0.1, 0.15) is 13.3 Å². The minimum atomic E-state index is 0.717. The molecule has 1 aromatic carbocycles. The number of likely N-dealkylation sites (tertiary alicyclic amines) is 1. The Morgan fingerprint density at radius 3 is 2.87 bits per heavy atom. The zero-order valence-corrected chi connectivity index (χ0v) is 9.15. The van der Waals surface area contributed by atoms with E-state index in [2.05, 4.69) is 11.8 Å². The fraction of sp³-hybridized carbons (Fsp3) is 0.500. The molecule has 1 aliphatic rings. The molecule has 3 nitrogen and oxygen atoms in total. The Morgan fingerprint density at radius 2 is 2.27 bits per heavy atom. The van der Waals surface area contributed by atoms with Crippen molar-refractivity contribution >= 4 is 5.69 Å². The zero-order chi connectivity index (χ0) is 10.7. The molecule has 82 valence electrons. The van der Waals surface area contributed by atoms with Gasteiger partial charge in [0.25, 0.3) is 0 Å². The standard InChI is InChI=1S/C12H18N2O/c1-10-6-7-14(10)8-9-15-12-5-3-2-4-11(12)13/h2-5,10H,6-9,13H2,1H3. The summed E-state index contributed by atoms with van der Waals surface area (Å²) in [5.41, 5.74) is 6.49. The number of rotatable bonds is 4. The van der Waals surface area contributed by atoms with E-state index in [0.717, 1.165) is 24.9 Å². The molecule has 0 bridgehead atoms. The summed E-state index contributed by atoms with van der Waals surface area (Å²) in [6.07, 6.45) is 1.31. The lowest BCUT2D eigenvalue weighted by atomic mass is 10.1. The van der Waals surface area contributed by atoms with Crippen molar-refractivity contribution in [3.05, 3.63) is 24.3 Å². The Balaban J connectivity index is 1.76. The highest BCUT2D eigenvalue weighted by Gasteiger charge is 2.22. The molecule has 0 spiro atoms. The Kier molecular flexibility index (Phi) is 3.11. The summed E-state index contributed by atoms with van der Waals surface area (Å²) in [6.45, 7) is 5.17. The van der Waals surface area contributed by atoms with E-state index < -0.39 is 0 Å². The molecule has 1 aromatic rings. The van der Waals surface area contributed by atoms with Crippen LogP contribution in [-0.4, -0.2) is 30.6 Å². The van der Waals surface area contributed by atoms with Crippen molar-refractivity contribution in [2.45, 2.75) is 19.4 Å². The highest BCUT2D eigenvalue weighted by Crippen LogP contribution is 2.20. The van der Waals surface area contributed by atoms with E-state index in [9.17, 15) is 0 Å². The summed E-state index contributed by atoms with van der Waals surface area (Å²) in [7, 11) is 0. The lowest BCUT2D eigenvalue weighted by Crippen LogP contribution is -2.47. The molecule has 1 fully saturated rings. The molecular weight excluding hydrogens is 188 g/mol. The zero-order valence-electron chi connectivity index (χ0n) is 9.15. The van der Waals surface area contributed by atoms with Gasteiger partial charge in [0.15, 0.2) is 0 Å². The predicted molar refractivity (Wildman–Crippen MR) is 62.0 cm³/mol. The first-order chi connectivity index (χ1) is 7.27. The van der Waals surface area contributed by atoms with Crippen LogP contribution in [0.4, 0.5) is 5.69 Å². The van der Waals surface area contributed by atoms with Crippen molar-refractivity contribution in [1.82, 2.24) is 4.90 Å². The molecule has 2 rings (SSSR count). The lowest BCUT2D eigenvalue weighted by molar-refractivity contribution is 0.0852.